The van der Waals surface area contributed by atoms with Crippen LogP contribution in [0, 0.1) is 6.92 Å². The number of rotatable bonds is 0. The van der Waals surface area contributed by atoms with E-state index in [1.807, 2.05) is 6.92 Å². The van der Waals surface area contributed by atoms with Gasteiger partial charge in [-0.15, -0.1) is 0 Å². The molecule has 5 heteroatoms. The molecule has 1 aliphatic rings. The van der Waals surface area contributed by atoms with E-state index in [4.69, 9.17) is 0 Å². The Kier molecular flexibility index (Phi) is 1.41. The number of nitrogens with zero attached hydrogens (tertiary/aromatic N) is 3. The third-order valence-corrected chi connectivity index (χ3v) is 1.77. The first-order valence-corrected chi connectivity index (χ1v) is 3.73. The zero-order chi connectivity index (χ0) is 8.72. The molecule has 0 fully saturated rings. The van der Waals surface area contributed by atoms with Crippen LogP contribution < -0.4 is 5.43 Å². The Morgan fingerprint density at radius 1 is 1.67 bits per heavy atom. The second kappa shape index (κ2) is 2.31. The van der Waals surface area contributed by atoms with E-state index in [2.05, 4.69) is 10.5 Å². The summed E-state index contributed by atoms with van der Waals surface area (Å²) in [4.78, 5) is 11.3. The van der Waals surface area contributed by atoms with Crippen LogP contribution in [-0.2, 0) is 6.67 Å². The summed E-state index contributed by atoms with van der Waals surface area (Å²) in [5, 5.41) is 5.86. The molecule has 1 aromatic rings. The van der Waals surface area contributed by atoms with E-state index in [1.54, 1.807) is 22.8 Å². The van der Waals surface area contributed by atoms with Crippen molar-refractivity contribution in [1.29, 1.82) is 0 Å². The van der Waals surface area contributed by atoms with Crippen molar-refractivity contribution in [3.63, 3.8) is 0 Å². The van der Waals surface area contributed by atoms with Crippen LogP contribution in [0.1, 0.15) is 16.2 Å². The average Bonchev–Trinajstić information content (AvgIpc) is 2.29. The molecule has 5 nitrogen and oxygen atoms in total. The first-order valence-electron chi connectivity index (χ1n) is 3.73. The van der Waals surface area contributed by atoms with Gasteiger partial charge in [-0.1, -0.05) is 0 Å². The number of aromatic nitrogens is 2. The molecule has 2 heterocycles. The van der Waals surface area contributed by atoms with E-state index in [0.29, 0.717) is 12.4 Å². The molecule has 64 valence electrons. The fourth-order valence-corrected chi connectivity index (χ4v) is 1.30. The molecule has 2 rings (SSSR count). The maximum absolute atomic E-state index is 11.3. The molecule has 1 aliphatic heterocycles. The Labute approximate surface area is 69.9 Å². The average molecular weight is 166 g/mol. The molecule has 0 aromatic carbocycles. The van der Waals surface area contributed by atoms with Crippen molar-refractivity contribution in [1.82, 2.24) is 20.2 Å². The largest absolute Gasteiger partial charge is 0.283 e. The van der Waals surface area contributed by atoms with Gasteiger partial charge in [-0.25, -0.2) is 9.69 Å². The van der Waals surface area contributed by atoms with Gasteiger partial charge in [0.05, 0.1) is 5.69 Å². The third-order valence-electron chi connectivity index (χ3n) is 1.77. The van der Waals surface area contributed by atoms with Crippen molar-refractivity contribution in [2.75, 3.05) is 7.05 Å². The summed E-state index contributed by atoms with van der Waals surface area (Å²) in [5.41, 5.74) is 4.18. The quantitative estimate of drug-likeness (QED) is 0.577. The monoisotopic (exact) mass is 166 g/mol. The van der Waals surface area contributed by atoms with E-state index < -0.39 is 0 Å². The topological polar surface area (TPSA) is 50.2 Å². The highest BCUT2D eigenvalue weighted by Crippen LogP contribution is 2.07. The summed E-state index contributed by atoms with van der Waals surface area (Å²) >= 11 is 0. The van der Waals surface area contributed by atoms with E-state index in [9.17, 15) is 4.79 Å². The standard InChI is InChI=1S/C7H10N4O/c1-5-3-6-7(12)9-10(2)4-11(6)8-5/h3H,4H2,1-2H3,(H,9,12). The van der Waals surface area contributed by atoms with Gasteiger partial charge in [0.1, 0.15) is 12.4 Å². The molecule has 0 radical (unpaired) electrons. The Balaban J connectivity index is 2.46. The van der Waals surface area contributed by atoms with Crippen LogP contribution in [0.2, 0.25) is 0 Å². The normalized spacial score (nSPS) is 17.3. The number of hydrogen-bond acceptors (Lipinski definition) is 3. The molecule has 12 heavy (non-hydrogen) atoms. The molecule has 1 N–H and O–H groups in total. The van der Waals surface area contributed by atoms with Crippen molar-refractivity contribution in [3.8, 4) is 0 Å². The summed E-state index contributed by atoms with van der Waals surface area (Å²) in [6, 6.07) is 1.78. The highest BCUT2D eigenvalue weighted by atomic mass is 16.2. The lowest BCUT2D eigenvalue weighted by molar-refractivity contribution is 0.0680. The van der Waals surface area contributed by atoms with E-state index in [0.717, 1.165) is 5.69 Å². The molecular formula is C7H10N4O. The summed E-state index contributed by atoms with van der Waals surface area (Å²) in [5.74, 6) is -0.0932. The second-order valence-corrected chi connectivity index (χ2v) is 2.95. The minimum atomic E-state index is -0.0932. The number of carbonyl (C=O) groups is 1. The van der Waals surface area contributed by atoms with Crippen LogP contribution in [0.5, 0.6) is 0 Å². The Morgan fingerprint density at radius 3 is 3.17 bits per heavy atom. The molecule has 0 saturated heterocycles. The van der Waals surface area contributed by atoms with Crippen molar-refractivity contribution in [3.05, 3.63) is 17.5 Å². The van der Waals surface area contributed by atoms with Crippen molar-refractivity contribution >= 4 is 5.91 Å². The van der Waals surface area contributed by atoms with Gasteiger partial charge < -0.3 is 0 Å². The van der Waals surface area contributed by atoms with Gasteiger partial charge in [0, 0.05) is 7.05 Å². The maximum atomic E-state index is 11.3. The molecule has 0 unspecified atom stereocenters. The van der Waals surface area contributed by atoms with Gasteiger partial charge in [-0.05, 0) is 13.0 Å². The van der Waals surface area contributed by atoms with Crippen LogP contribution in [0.15, 0.2) is 6.07 Å². The Morgan fingerprint density at radius 2 is 2.42 bits per heavy atom. The molecule has 1 aromatic heterocycles. The van der Waals surface area contributed by atoms with Crippen molar-refractivity contribution in [2.45, 2.75) is 13.6 Å². The zero-order valence-corrected chi connectivity index (χ0v) is 7.03. The van der Waals surface area contributed by atoms with Gasteiger partial charge in [0.25, 0.3) is 5.91 Å². The van der Waals surface area contributed by atoms with E-state index in [1.165, 1.54) is 0 Å². The summed E-state index contributed by atoms with van der Waals surface area (Å²) in [6.07, 6.45) is 0. The fraction of sp³-hybridized carbons (Fsp3) is 0.429. The Bertz CT molecular complexity index is 330. The van der Waals surface area contributed by atoms with Gasteiger partial charge >= 0.3 is 0 Å². The number of nitrogens with one attached hydrogen (secondary N) is 1. The van der Waals surface area contributed by atoms with E-state index >= 15 is 0 Å². The minimum absolute atomic E-state index is 0.0932. The van der Waals surface area contributed by atoms with Crippen LogP contribution in [0.4, 0.5) is 0 Å². The van der Waals surface area contributed by atoms with Gasteiger partial charge in [-0.3, -0.25) is 10.2 Å². The lowest BCUT2D eigenvalue weighted by Crippen LogP contribution is -2.46. The number of amides is 1. The van der Waals surface area contributed by atoms with Crippen molar-refractivity contribution in [2.24, 2.45) is 0 Å². The lowest BCUT2D eigenvalue weighted by atomic mass is 10.3. The summed E-state index contributed by atoms with van der Waals surface area (Å²) in [6.45, 7) is 2.48. The van der Waals surface area contributed by atoms with Gasteiger partial charge in [-0.2, -0.15) is 5.10 Å². The van der Waals surface area contributed by atoms with Crippen LogP contribution in [0.25, 0.3) is 0 Å². The highest BCUT2D eigenvalue weighted by molar-refractivity contribution is 5.92. The predicted octanol–water partition coefficient (Wildman–Crippen LogP) is -0.261. The fourth-order valence-electron chi connectivity index (χ4n) is 1.30. The number of hydrogen-bond donors (Lipinski definition) is 1. The smallest absolute Gasteiger partial charge is 0.282 e. The predicted molar refractivity (Wildman–Crippen MR) is 42.2 cm³/mol. The van der Waals surface area contributed by atoms with Gasteiger partial charge in [0.2, 0.25) is 0 Å². The molecule has 1 amide bonds. The minimum Gasteiger partial charge on any atom is -0.282 e. The number of carbonyl (C=O) groups excluding carboxylic acids is 1. The maximum Gasteiger partial charge on any atom is 0.283 e. The third kappa shape index (κ3) is 0.984. The molecule has 0 spiro atoms. The van der Waals surface area contributed by atoms with E-state index in [-0.39, 0.29) is 5.91 Å². The number of fused-ring (bicyclic) bond motifs is 1. The second-order valence-electron chi connectivity index (χ2n) is 2.95. The van der Waals surface area contributed by atoms with Crippen LogP contribution in [-0.4, -0.2) is 27.7 Å². The van der Waals surface area contributed by atoms with Gasteiger partial charge in [0.15, 0.2) is 0 Å². The molecule has 0 aliphatic carbocycles. The van der Waals surface area contributed by atoms with Crippen LogP contribution >= 0.6 is 0 Å². The zero-order valence-electron chi connectivity index (χ0n) is 7.03. The van der Waals surface area contributed by atoms with Crippen LogP contribution in [0.3, 0.4) is 0 Å². The number of hydrazine groups is 1. The highest BCUT2D eigenvalue weighted by Gasteiger charge is 2.20. The SMILES string of the molecule is Cc1cc2n(n1)CN(C)NC2=O. The molecule has 0 saturated carbocycles. The summed E-state index contributed by atoms with van der Waals surface area (Å²) in [7, 11) is 1.80. The first-order chi connectivity index (χ1) is 5.66. The molecule has 0 atom stereocenters. The molecule has 0 bridgehead atoms. The number of aryl methyl sites for hydroxylation is 1. The lowest BCUT2D eigenvalue weighted by Gasteiger charge is -2.23. The summed E-state index contributed by atoms with van der Waals surface area (Å²) < 4.78 is 1.69. The Hall–Kier alpha value is -1.36. The van der Waals surface area contributed by atoms with Crippen molar-refractivity contribution < 1.29 is 4.79 Å². The first kappa shape index (κ1) is 7.30. The molecular weight excluding hydrogens is 156 g/mol.